The van der Waals surface area contributed by atoms with Crippen LogP contribution in [0.4, 0.5) is 0 Å². The zero-order valence-electron chi connectivity index (χ0n) is 11.3. The second-order valence-corrected chi connectivity index (χ2v) is 6.82. The van der Waals surface area contributed by atoms with E-state index in [1.54, 1.807) is 0 Å². The number of halogens is 1. The predicted molar refractivity (Wildman–Crippen MR) is 86.7 cm³/mol. The van der Waals surface area contributed by atoms with E-state index in [0.717, 1.165) is 20.7 Å². The maximum atomic E-state index is 12.1. The lowest BCUT2D eigenvalue weighted by atomic mass is 10.2. The lowest BCUT2D eigenvalue weighted by Gasteiger charge is -2.07. The Hall–Kier alpha value is -1.64. The highest BCUT2D eigenvalue weighted by Crippen LogP contribution is 2.16. The Morgan fingerprint density at radius 2 is 1.95 bits per heavy atom. The van der Waals surface area contributed by atoms with Crippen LogP contribution in [0.2, 0.25) is 0 Å². The van der Waals surface area contributed by atoms with Gasteiger partial charge < -0.3 is 4.74 Å². The monoisotopic (exact) mass is 363 g/mol. The summed E-state index contributed by atoms with van der Waals surface area (Å²) >= 11 is 3.37. The lowest BCUT2D eigenvalue weighted by molar-refractivity contribution is 0.342. The molecule has 1 atom stereocenters. The van der Waals surface area contributed by atoms with Crippen molar-refractivity contribution in [2.45, 2.75) is 11.3 Å². The van der Waals surface area contributed by atoms with Crippen LogP contribution in [0.3, 0.4) is 0 Å². The number of nitrogens with zero attached hydrogens (tertiary/aromatic N) is 1. The molecule has 0 fully saturated rings. The molecule has 3 nitrogen and oxygen atoms in total. The van der Waals surface area contributed by atoms with Gasteiger partial charge in [-0.15, -0.1) is 0 Å². The summed E-state index contributed by atoms with van der Waals surface area (Å²) in [5.41, 5.74) is 0.961. The van der Waals surface area contributed by atoms with Gasteiger partial charge in [0.15, 0.2) is 0 Å². The molecule has 5 heteroatoms. The molecule has 0 bridgehead atoms. The molecule has 21 heavy (non-hydrogen) atoms. The molecule has 0 radical (unpaired) electrons. The Bertz CT molecular complexity index is 665. The van der Waals surface area contributed by atoms with Crippen molar-refractivity contribution in [2.75, 3.05) is 12.4 Å². The largest absolute Gasteiger partial charge is 0.493 e. The first-order chi connectivity index (χ1) is 10.2. The highest BCUT2D eigenvalue weighted by atomic mass is 79.9. The average Bonchev–Trinajstić information content (AvgIpc) is 2.49. The number of nitriles is 1. The van der Waals surface area contributed by atoms with Crippen LogP contribution >= 0.6 is 15.9 Å². The second-order valence-electron chi connectivity index (χ2n) is 4.33. The minimum absolute atomic E-state index is 0.386. The van der Waals surface area contributed by atoms with Crippen LogP contribution in [-0.4, -0.2) is 16.6 Å². The van der Waals surface area contributed by atoms with Gasteiger partial charge in [-0.25, -0.2) is 0 Å². The fraction of sp³-hybridized carbons (Fsp3) is 0.188. The normalized spacial score (nSPS) is 11.6. The van der Waals surface area contributed by atoms with Crippen molar-refractivity contribution in [1.29, 1.82) is 5.26 Å². The molecular weight excluding hydrogens is 350 g/mol. The smallest absolute Gasteiger partial charge is 0.119 e. The third kappa shape index (κ3) is 5.00. The fourth-order valence-electron chi connectivity index (χ4n) is 1.76. The summed E-state index contributed by atoms with van der Waals surface area (Å²) in [5, 5.41) is 8.60. The van der Waals surface area contributed by atoms with Gasteiger partial charge >= 0.3 is 0 Å². The molecule has 0 amide bonds. The van der Waals surface area contributed by atoms with Crippen LogP contribution in [0.1, 0.15) is 5.56 Å². The Kier molecular flexibility index (Phi) is 5.97. The van der Waals surface area contributed by atoms with Crippen LogP contribution in [-0.2, 0) is 17.2 Å². The molecule has 0 aliphatic rings. The van der Waals surface area contributed by atoms with Crippen molar-refractivity contribution >= 4 is 26.7 Å². The van der Waals surface area contributed by atoms with Crippen LogP contribution in [0, 0.1) is 11.3 Å². The third-order valence-corrected chi connectivity index (χ3v) is 4.61. The minimum atomic E-state index is -1.07. The second kappa shape index (κ2) is 7.96. The van der Waals surface area contributed by atoms with Crippen molar-refractivity contribution in [3.8, 4) is 11.8 Å². The lowest BCUT2D eigenvalue weighted by Crippen LogP contribution is -2.08. The van der Waals surface area contributed by atoms with Gasteiger partial charge in [-0.2, -0.15) is 5.26 Å². The summed E-state index contributed by atoms with van der Waals surface area (Å²) in [6.07, 6.45) is 0.396. The van der Waals surface area contributed by atoms with E-state index < -0.39 is 10.8 Å². The summed E-state index contributed by atoms with van der Waals surface area (Å²) in [5.74, 6) is 1.17. The van der Waals surface area contributed by atoms with Crippen molar-refractivity contribution in [3.63, 3.8) is 0 Å². The number of hydrogen-bond acceptors (Lipinski definition) is 3. The maximum Gasteiger partial charge on any atom is 0.119 e. The van der Waals surface area contributed by atoms with Crippen molar-refractivity contribution in [3.05, 3.63) is 58.6 Å². The number of benzene rings is 2. The SMILES string of the molecule is N#CCc1ccc(OCCS(=O)c2cccc(Br)c2)cc1. The first kappa shape index (κ1) is 15.7. The van der Waals surface area contributed by atoms with E-state index in [1.165, 1.54) is 0 Å². The molecule has 0 saturated heterocycles. The molecule has 0 heterocycles. The summed E-state index contributed by atoms with van der Waals surface area (Å²) in [4.78, 5) is 0.789. The summed E-state index contributed by atoms with van der Waals surface area (Å²) in [6, 6.07) is 17.0. The van der Waals surface area contributed by atoms with Crippen molar-refractivity contribution < 1.29 is 8.95 Å². The van der Waals surface area contributed by atoms with Gasteiger partial charge in [0.05, 0.1) is 29.0 Å². The van der Waals surface area contributed by atoms with Gasteiger partial charge in [0.2, 0.25) is 0 Å². The van der Waals surface area contributed by atoms with Crippen LogP contribution in [0.5, 0.6) is 5.75 Å². The molecule has 2 rings (SSSR count). The van der Waals surface area contributed by atoms with Crippen LogP contribution in [0.15, 0.2) is 57.9 Å². The van der Waals surface area contributed by atoms with E-state index in [2.05, 4.69) is 22.0 Å². The zero-order chi connectivity index (χ0) is 15.1. The van der Waals surface area contributed by atoms with Gasteiger partial charge in [0.1, 0.15) is 12.4 Å². The number of hydrogen-bond donors (Lipinski definition) is 0. The summed E-state index contributed by atoms with van der Waals surface area (Å²) < 4.78 is 18.6. The average molecular weight is 364 g/mol. The molecule has 2 aromatic rings. The standard InChI is InChI=1S/C16H14BrNO2S/c17-14-2-1-3-16(12-14)21(19)11-10-20-15-6-4-13(5-7-15)8-9-18/h1-7,12H,8,10-11H2. The van der Waals surface area contributed by atoms with Crippen molar-refractivity contribution in [2.24, 2.45) is 0 Å². The Balaban J connectivity index is 1.84. The first-order valence-electron chi connectivity index (χ1n) is 6.41. The molecule has 0 N–H and O–H groups in total. The Morgan fingerprint density at radius 1 is 1.19 bits per heavy atom. The fourth-order valence-corrected chi connectivity index (χ4v) is 3.27. The molecule has 0 aromatic heterocycles. The zero-order valence-corrected chi connectivity index (χ0v) is 13.7. The van der Waals surface area contributed by atoms with Gasteiger partial charge in [-0.1, -0.05) is 34.1 Å². The molecule has 0 spiro atoms. The Morgan fingerprint density at radius 3 is 2.62 bits per heavy atom. The van der Waals surface area contributed by atoms with E-state index in [4.69, 9.17) is 10.00 Å². The highest BCUT2D eigenvalue weighted by molar-refractivity contribution is 9.10. The predicted octanol–water partition coefficient (Wildman–Crippen LogP) is 3.70. The van der Waals surface area contributed by atoms with Crippen LogP contribution in [0.25, 0.3) is 0 Å². The Labute approximate surface area is 135 Å². The van der Waals surface area contributed by atoms with Gasteiger partial charge in [0, 0.05) is 9.37 Å². The van der Waals surface area contributed by atoms with E-state index in [-0.39, 0.29) is 0 Å². The molecule has 0 aliphatic heterocycles. The number of rotatable bonds is 6. The van der Waals surface area contributed by atoms with Gasteiger partial charge in [0.25, 0.3) is 0 Å². The van der Waals surface area contributed by atoms with Crippen LogP contribution < -0.4 is 4.74 Å². The van der Waals surface area contributed by atoms with Crippen molar-refractivity contribution in [1.82, 2.24) is 0 Å². The quantitative estimate of drug-likeness (QED) is 0.785. The third-order valence-electron chi connectivity index (χ3n) is 2.80. The molecular formula is C16H14BrNO2S. The highest BCUT2D eigenvalue weighted by Gasteiger charge is 2.04. The van der Waals surface area contributed by atoms with E-state index >= 15 is 0 Å². The van der Waals surface area contributed by atoms with Gasteiger partial charge in [-0.05, 0) is 35.9 Å². The van der Waals surface area contributed by atoms with E-state index in [1.807, 2.05) is 48.5 Å². The van der Waals surface area contributed by atoms with Gasteiger partial charge in [-0.3, -0.25) is 4.21 Å². The van der Waals surface area contributed by atoms with E-state index in [0.29, 0.717) is 18.8 Å². The van der Waals surface area contributed by atoms with E-state index in [9.17, 15) is 4.21 Å². The summed E-state index contributed by atoms with van der Waals surface area (Å²) in [6.45, 7) is 0.386. The minimum Gasteiger partial charge on any atom is -0.493 e. The summed E-state index contributed by atoms with van der Waals surface area (Å²) in [7, 11) is -1.07. The first-order valence-corrected chi connectivity index (χ1v) is 8.53. The molecule has 2 aromatic carbocycles. The maximum absolute atomic E-state index is 12.1. The number of ether oxygens (including phenoxy) is 1. The topological polar surface area (TPSA) is 50.1 Å². The molecule has 1 unspecified atom stereocenters. The molecule has 0 aliphatic carbocycles. The molecule has 0 saturated carbocycles. The molecule has 108 valence electrons.